The Hall–Kier alpha value is -3.52. The number of carbonyl (C=O) groups excluding carboxylic acids is 1. The predicted octanol–water partition coefficient (Wildman–Crippen LogP) is 4.32. The number of hydrogen-bond donors (Lipinski definition) is 1. The minimum Gasteiger partial charge on any atom is -0.279 e. The number of hydrazone groups is 1. The van der Waals surface area contributed by atoms with Crippen LogP contribution in [0, 0.1) is 5.82 Å². The second kappa shape index (κ2) is 8.31. The van der Waals surface area contributed by atoms with E-state index in [1.54, 1.807) is 60.7 Å². The lowest BCUT2D eigenvalue weighted by Crippen LogP contribution is -2.25. The summed E-state index contributed by atoms with van der Waals surface area (Å²) in [5, 5.41) is 5.67. The van der Waals surface area contributed by atoms with Crippen molar-refractivity contribution >= 4 is 27.3 Å². The molecule has 0 bridgehead atoms. The number of amides is 1. The lowest BCUT2D eigenvalue weighted by Gasteiger charge is -2.20. The van der Waals surface area contributed by atoms with Gasteiger partial charge in [0.25, 0.3) is 10.0 Å². The highest BCUT2D eigenvalue weighted by atomic mass is 32.2. The zero-order valence-electron chi connectivity index (χ0n) is 16.7. The Morgan fingerprint density at radius 2 is 1.65 bits per heavy atom. The van der Waals surface area contributed by atoms with Crippen molar-refractivity contribution in [2.24, 2.45) is 5.10 Å². The van der Waals surface area contributed by atoms with Gasteiger partial charge >= 0.3 is 0 Å². The van der Waals surface area contributed by atoms with Gasteiger partial charge in [0, 0.05) is 24.5 Å². The van der Waals surface area contributed by atoms with Gasteiger partial charge in [-0.3, -0.25) is 9.52 Å². The Balaban J connectivity index is 1.70. The number of carbonyl (C=O) groups is 1. The van der Waals surface area contributed by atoms with Gasteiger partial charge in [-0.2, -0.15) is 5.10 Å². The van der Waals surface area contributed by atoms with Gasteiger partial charge in [-0.05, 0) is 24.3 Å². The Bertz CT molecular complexity index is 1260. The van der Waals surface area contributed by atoms with Crippen molar-refractivity contribution in [1.29, 1.82) is 0 Å². The molecule has 0 unspecified atom stereocenters. The van der Waals surface area contributed by atoms with Crippen molar-refractivity contribution in [2.75, 3.05) is 4.72 Å². The Kier molecular flexibility index (Phi) is 5.56. The average Bonchev–Trinajstić information content (AvgIpc) is 3.20. The fraction of sp³-hybridized carbons (Fsp3) is 0.130. The Morgan fingerprint density at radius 3 is 2.35 bits per heavy atom. The molecule has 4 rings (SSSR count). The highest BCUT2D eigenvalue weighted by Gasteiger charge is 2.34. The van der Waals surface area contributed by atoms with E-state index in [-0.39, 0.29) is 17.2 Å². The number of hydrogen-bond acceptors (Lipinski definition) is 4. The molecule has 0 aliphatic carbocycles. The van der Waals surface area contributed by atoms with Crippen LogP contribution in [-0.4, -0.2) is 25.0 Å². The van der Waals surface area contributed by atoms with Gasteiger partial charge in [-0.1, -0.05) is 54.6 Å². The second-order valence-corrected chi connectivity index (χ2v) is 8.80. The fourth-order valence-corrected chi connectivity index (χ4v) is 4.68. The van der Waals surface area contributed by atoms with E-state index >= 15 is 0 Å². The summed E-state index contributed by atoms with van der Waals surface area (Å²) in [6.45, 7) is 1.37. The molecule has 1 aliphatic rings. The zero-order chi connectivity index (χ0) is 22.0. The molecule has 6 nitrogen and oxygen atoms in total. The number of nitrogens with one attached hydrogen (secondary N) is 1. The molecular weight excluding hydrogens is 417 g/mol. The summed E-state index contributed by atoms with van der Waals surface area (Å²) >= 11 is 0. The van der Waals surface area contributed by atoms with Gasteiger partial charge in [-0.15, -0.1) is 0 Å². The highest BCUT2D eigenvalue weighted by molar-refractivity contribution is 7.92. The number of sulfonamides is 1. The van der Waals surface area contributed by atoms with Gasteiger partial charge in [-0.25, -0.2) is 17.8 Å². The fourth-order valence-electron chi connectivity index (χ4n) is 3.58. The summed E-state index contributed by atoms with van der Waals surface area (Å²) in [6, 6.07) is 20.5. The number of nitrogens with zero attached hydrogens (tertiary/aromatic N) is 2. The van der Waals surface area contributed by atoms with Crippen molar-refractivity contribution < 1.29 is 17.6 Å². The number of halogens is 1. The largest absolute Gasteiger partial charge is 0.279 e. The Morgan fingerprint density at radius 1 is 1.00 bits per heavy atom. The number of anilines is 1. The molecule has 0 aromatic heterocycles. The summed E-state index contributed by atoms with van der Waals surface area (Å²) in [5.74, 6) is -0.751. The van der Waals surface area contributed by atoms with Gasteiger partial charge in [0.2, 0.25) is 5.91 Å². The van der Waals surface area contributed by atoms with Crippen LogP contribution in [0.3, 0.4) is 0 Å². The van der Waals surface area contributed by atoms with E-state index in [9.17, 15) is 17.6 Å². The number of para-hydroxylation sites is 1. The molecule has 0 radical (unpaired) electrons. The van der Waals surface area contributed by atoms with Crippen LogP contribution in [0.5, 0.6) is 0 Å². The normalized spacial score (nSPS) is 16.1. The minimum absolute atomic E-state index is 0.132. The van der Waals surface area contributed by atoms with E-state index in [4.69, 9.17) is 0 Å². The predicted molar refractivity (Wildman–Crippen MR) is 117 cm³/mol. The van der Waals surface area contributed by atoms with E-state index in [0.29, 0.717) is 22.5 Å². The maximum atomic E-state index is 14.4. The average molecular weight is 437 g/mol. The van der Waals surface area contributed by atoms with E-state index in [1.165, 1.54) is 30.1 Å². The van der Waals surface area contributed by atoms with E-state index < -0.39 is 21.9 Å². The summed E-state index contributed by atoms with van der Waals surface area (Å²) in [6.07, 6.45) is 0.255. The quantitative estimate of drug-likeness (QED) is 0.646. The first-order valence-electron chi connectivity index (χ1n) is 9.66. The molecule has 158 valence electrons. The molecule has 1 atom stereocenters. The van der Waals surface area contributed by atoms with Crippen LogP contribution in [0.4, 0.5) is 10.1 Å². The van der Waals surface area contributed by atoms with Crippen LogP contribution < -0.4 is 4.72 Å². The summed E-state index contributed by atoms with van der Waals surface area (Å²) in [4.78, 5) is 12.3. The van der Waals surface area contributed by atoms with Crippen LogP contribution in [0.15, 0.2) is 88.9 Å². The van der Waals surface area contributed by atoms with Crippen molar-refractivity contribution in [2.45, 2.75) is 24.3 Å². The van der Waals surface area contributed by atoms with E-state index in [0.717, 1.165) is 0 Å². The van der Waals surface area contributed by atoms with Gasteiger partial charge in [0.15, 0.2) is 0 Å². The van der Waals surface area contributed by atoms with Gasteiger partial charge in [0.1, 0.15) is 5.82 Å². The molecule has 3 aromatic carbocycles. The molecule has 31 heavy (non-hydrogen) atoms. The lowest BCUT2D eigenvalue weighted by atomic mass is 9.97. The van der Waals surface area contributed by atoms with Crippen LogP contribution in [0.2, 0.25) is 0 Å². The maximum Gasteiger partial charge on any atom is 0.261 e. The first-order valence-corrected chi connectivity index (χ1v) is 11.1. The topological polar surface area (TPSA) is 78.8 Å². The van der Waals surface area contributed by atoms with Crippen LogP contribution in [0.25, 0.3) is 0 Å². The van der Waals surface area contributed by atoms with Crippen LogP contribution >= 0.6 is 0 Å². The van der Waals surface area contributed by atoms with Crippen molar-refractivity contribution in [3.8, 4) is 0 Å². The molecule has 0 fully saturated rings. The highest BCUT2D eigenvalue weighted by Crippen LogP contribution is 2.35. The molecule has 1 N–H and O–H groups in total. The zero-order valence-corrected chi connectivity index (χ0v) is 17.5. The SMILES string of the molecule is CC(=O)N1N=C(c2ccccc2NS(=O)(=O)c2ccccc2)C[C@@H]1c1ccccc1F. The Labute approximate surface area is 180 Å². The lowest BCUT2D eigenvalue weighted by molar-refractivity contribution is -0.130. The molecular formula is C23H20FN3O3S. The van der Waals surface area contributed by atoms with Crippen molar-refractivity contribution in [3.63, 3.8) is 0 Å². The summed E-state index contributed by atoms with van der Waals surface area (Å²) < 4.78 is 42.6. The summed E-state index contributed by atoms with van der Waals surface area (Å²) in [7, 11) is -3.81. The molecule has 3 aromatic rings. The number of rotatable bonds is 5. The third-order valence-electron chi connectivity index (χ3n) is 5.03. The molecule has 1 aliphatic heterocycles. The standard InChI is InChI=1S/C23H20FN3O3S/c1-16(28)27-23(18-11-5-7-13-20(18)24)15-22(25-27)19-12-6-8-14-21(19)26-31(29,30)17-9-3-2-4-10-17/h2-14,23,26H,15H2,1H3/t23-/m1/s1. The van der Waals surface area contributed by atoms with Crippen molar-refractivity contribution in [1.82, 2.24) is 5.01 Å². The first-order chi connectivity index (χ1) is 14.9. The molecule has 8 heteroatoms. The van der Waals surface area contributed by atoms with E-state index in [1.807, 2.05) is 0 Å². The summed E-state index contributed by atoms with van der Waals surface area (Å²) in [5.41, 5.74) is 1.73. The monoisotopic (exact) mass is 437 g/mol. The first kappa shape index (κ1) is 20.7. The molecule has 0 saturated carbocycles. The third-order valence-corrected chi connectivity index (χ3v) is 6.41. The van der Waals surface area contributed by atoms with E-state index in [2.05, 4.69) is 9.82 Å². The van der Waals surface area contributed by atoms with Crippen LogP contribution in [-0.2, 0) is 14.8 Å². The van der Waals surface area contributed by atoms with Gasteiger partial charge < -0.3 is 0 Å². The third kappa shape index (κ3) is 4.20. The number of benzene rings is 3. The molecule has 1 amide bonds. The molecule has 0 saturated heterocycles. The second-order valence-electron chi connectivity index (χ2n) is 7.12. The smallest absolute Gasteiger partial charge is 0.261 e. The van der Waals surface area contributed by atoms with Crippen LogP contribution in [0.1, 0.15) is 30.5 Å². The minimum atomic E-state index is -3.81. The molecule has 0 spiro atoms. The van der Waals surface area contributed by atoms with Gasteiger partial charge in [0.05, 0.1) is 22.3 Å². The molecule has 1 heterocycles. The maximum absolute atomic E-state index is 14.4. The van der Waals surface area contributed by atoms with Crippen molar-refractivity contribution in [3.05, 3.63) is 95.8 Å².